The van der Waals surface area contributed by atoms with Crippen molar-refractivity contribution < 1.29 is 73.6 Å². The second-order valence-corrected chi connectivity index (χ2v) is 11.4. The Morgan fingerprint density at radius 1 is 0.755 bits per heavy atom. The molecule has 0 bridgehead atoms. The van der Waals surface area contributed by atoms with Gasteiger partial charge in [0, 0.05) is 18.5 Å². The third-order valence-corrected chi connectivity index (χ3v) is 8.53. The minimum absolute atomic E-state index is 0.00370. The minimum atomic E-state index is -5.24. The molecule has 0 aliphatic carbocycles. The quantitative estimate of drug-likeness (QED) is 0.215. The van der Waals surface area contributed by atoms with Gasteiger partial charge in [-0.15, -0.1) is 11.6 Å². The number of rotatable bonds is 4. The van der Waals surface area contributed by atoms with Gasteiger partial charge in [0.2, 0.25) is 0 Å². The molecule has 2 heterocycles. The zero-order chi connectivity index (χ0) is 37.8. The third kappa shape index (κ3) is 9.46. The van der Waals surface area contributed by atoms with Crippen molar-refractivity contribution in [1.29, 1.82) is 0 Å². The summed E-state index contributed by atoms with van der Waals surface area (Å²) in [6.45, 7) is 1.72. The molecular formula is C30H31ClF10N2O6. The molecule has 4 atom stereocenters. The molecule has 2 aliphatic rings. The largest absolute Gasteiger partial charge is 0.481 e. The second kappa shape index (κ2) is 15.8. The number of amides is 1. The summed E-state index contributed by atoms with van der Waals surface area (Å²) in [7, 11) is 1.64. The van der Waals surface area contributed by atoms with Crippen molar-refractivity contribution >= 4 is 29.6 Å². The van der Waals surface area contributed by atoms with Crippen LogP contribution in [0.3, 0.4) is 0 Å². The van der Waals surface area contributed by atoms with Crippen LogP contribution < -0.4 is 0 Å². The van der Waals surface area contributed by atoms with Crippen LogP contribution in [0, 0.1) is 35.1 Å². The van der Waals surface area contributed by atoms with E-state index in [1.807, 2.05) is 0 Å². The number of carboxylic acid groups (broad SMARTS) is 3. The van der Waals surface area contributed by atoms with E-state index in [9.17, 15) is 58.3 Å². The fraction of sp³-hybridized carbons (Fsp3) is 0.500. The highest BCUT2D eigenvalue weighted by atomic mass is 35.5. The van der Waals surface area contributed by atoms with E-state index in [0.29, 0.717) is 37.2 Å². The number of aliphatic carboxylic acids is 2. The molecule has 19 heteroatoms. The Morgan fingerprint density at radius 2 is 1.16 bits per heavy atom. The summed E-state index contributed by atoms with van der Waals surface area (Å²) in [5, 5.41) is 27.3. The second-order valence-electron chi connectivity index (χ2n) is 11.4. The van der Waals surface area contributed by atoms with Crippen LogP contribution in [0.4, 0.5) is 48.7 Å². The number of piperidine rings is 2. The van der Waals surface area contributed by atoms with E-state index in [2.05, 4.69) is 11.6 Å². The number of halogens is 11. The monoisotopic (exact) mass is 740 g/mol. The molecule has 0 spiro atoms. The standard InChI is InChI=1S/C15H16F5NO2.C14H12F5NO4.CH3Cl/c1-14(7-8(13(22)23)3-4-21(14)2)9-5-10(16)12(11(17)6-9)15(18,19)20;15-8-3-7(4-9(16)11(8)14(17,18)19)10-5-6(12(21)22)1-2-20(10)13(23)24;1-2/h5-6,8H,3-4,7H2,1-2H3,(H,22,23);3-4,6,10H,1-2,5H2,(H,21,22)(H,23,24);1H3. The van der Waals surface area contributed by atoms with Crippen LogP contribution in [0.2, 0.25) is 0 Å². The molecule has 2 aromatic carbocycles. The number of hydrogen-bond acceptors (Lipinski definition) is 4. The fourth-order valence-corrected chi connectivity index (χ4v) is 5.83. The first kappa shape index (κ1) is 41.4. The Hall–Kier alpha value is -3.80. The van der Waals surface area contributed by atoms with E-state index in [1.165, 1.54) is 6.38 Å². The number of hydrogen-bond donors (Lipinski definition) is 3. The highest BCUT2D eigenvalue weighted by Crippen LogP contribution is 2.43. The van der Waals surface area contributed by atoms with Crippen LogP contribution >= 0.6 is 11.6 Å². The Labute approximate surface area is 277 Å². The Bertz CT molecular complexity index is 1490. The van der Waals surface area contributed by atoms with Gasteiger partial charge in [-0.25, -0.2) is 22.4 Å². The van der Waals surface area contributed by atoms with Crippen molar-refractivity contribution in [3.8, 4) is 0 Å². The third-order valence-electron chi connectivity index (χ3n) is 8.53. The SMILES string of the molecule is CCl.CN1CCC(C(=O)O)CC1(C)c1cc(F)c(C(F)(F)F)c(F)c1.O=C(O)C1CCN(C(=O)O)C(c2cc(F)c(C(F)(F)F)c(F)c2)C1. The molecule has 0 radical (unpaired) electrons. The normalized spacial score (nSPS) is 23.1. The number of nitrogens with zero attached hydrogens (tertiary/aromatic N) is 2. The summed E-state index contributed by atoms with van der Waals surface area (Å²) in [4.78, 5) is 35.9. The summed E-state index contributed by atoms with van der Waals surface area (Å²) in [6, 6.07) is 0.843. The van der Waals surface area contributed by atoms with E-state index in [1.54, 1.807) is 18.9 Å². The van der Waals surface area contributed by atoms with Crippen LogP contribution in [0.15, 0.2) is 24.3 Å². The number of benzene rings is 2. The maximum absolute atomic E-state index is 13.8. The van der Waals surface area contributed by atoms with Gasteiger partial charge in [0.1, 0.15) is 34.4 Å². The van der Waals surface area contributed by atoms with Gasteiger partial charge in [-0.1, -0.05) is 0 Å². The molecule has 8 nitrogen and oxygen atoms in total. The maximum atomic E-state index is 13.8. The van der Waals surface area contributed by atoms with E-state index >= 15 is 0 Å². The van der Waals surface area contributed by atoms with E-state index in [0.717, 1.165) is 4.90 Å². The number of alkyl halides is 7. The first-order valence-electron chi connectivity index (χ1n) is 14.2. The van der Waals surface area contributed by atoms with Crippen LogP contribution in [-0.4, -0.2) is 69.7 Å². The molecule has 0 aromatic heterocycles. The minimum Gasteiger partial charge on any atom is -0.481 e. The average molecular weight is 741 g/mol. The van der Waals surface area contributed by atoms with Gasteiger partial charge >= 0.3 is 30.4 Å². The first-order valence-corrected chi connectivity index (χ1v) is 14.9. The van der Waals surface area contributed by atoms with Crippen molar-refractivity contribution in [2.45, 2.75) is 56.5 Å². The van der Waals surface area contributed by atoms with Crippen LogP contribution in [0.5, 0.6) is 0 Å². The summed E-state index contributed by atoms with van der Waals surface area (Å²) >= 11 is 4.64. The van der Waals surface area contributed by atoms with Crippen LogP contribution in [0.25, 0.3) is 0 Å². The van der Waals surface area contributed by atoms with E-state index in [-0.39, 0.29) is 36.9 Å². The number of carbonyl (C=O) groups is 3. The van der Waals surface area contributed by atoms with E-state index < -0.39 is 88.2 Å². The highest BCUT2D eigenvalue weighted by Gasteiger charge is 2.44. The summed E-state index contributed by atoms with van der Waals surface area (Å²) in [5.41, 5.74) is -5.43. The van der Waals surface area contributed by atoms with E-state index in [4.69, 9.17) is 15.3 Å². The topological polar surface area (TPSA) is 118 Å². The van der Waals surface area contributed by atoms with Gasteiger partial charge in [0.25, 0.3) is 0 Å². The lowest BCUT2D eigenvalue weighted by Crippen LogP contribution is -2.49. The lowest BCUT2D eigenvalue weighted by Gasteiger charge is -2.45. The van der Waals surface area contributed by atoms with Gasteiger partial charge in [0.15, 0.2) is 0 Å². The van der Waals surface area contributed by atoms with Gasteiger partial charge in [-0.2, -0.15) is 26.3 Å². The molecule has 4 rings (SSSR count). The van der Waals surface area contributed by atoms with Gasteiger partial charge < -0.3 is 20.2 Å². The zero-order valence-corrected chi connectivity index (χ0v) is 26.7. The van der Waals surface area contributed by atoms with Crippen molar-refractivity contribution in [3.05, 3.63) is 69.8 Å². The van der Waals surface area contributed by atoms with Crippen molar-refractivity contribution in [1.82, 2.24) is 9.80 Å². The van der Waals surface area contributed by atoms with Crippen molar-refractivity contribution in [2.24, 2.45) is 11.8 Å². The zero-order valence-electron chi connectivity index (χ0n) is 25.9. The van der Waals surface area contributed by atoms with Gasteiger partial charge in [0.05, 0.1) is 17.9 Å². The van der Waals surface area contributed by atoms with Crippen LogP contribution in [0.1, 0.15) is 60.9 Å². The summed E-state index contributed by atoms with van der Waals surface area (Å²) < 4.78 is 131. The van der Waals surface area contributed by atoms with Crippen LogP contribution in [-0.2, 0) is 27.5 Å². The Kier molecular flexibility index (Phi) is 13.4. The molecule has 2 saturated heterocycles. The lowest BCUT2D eigenvalue weighted by molar-refractivity contribution is -0.146. The number of carboxylic acids is 2. The maximum Gasteiger partial charge on any atom is 0.422 e. The molecule has 274 valence electrons. The smallest absolute Gasteiger partial charge is 0.422 e. The predicted octanol–water partition coefficient (Wildman–Crippen LogP) is 7.98. The molecule has 4 unspecified atom stereocenters. The first-order chi connectivity index (χ1) is 22.5. The Balaban J connectivity index is 0.000000324. The molecule has 49 heavy (non-hydrogen) atoms. The van der Waals surface area contributed by atoms with Crippen molar-refractivity contribution in [3.63, 3.8) is 0 Å². The molecular weight excluding hydrogens is 710 g/mol. The lowest BCUT2D eigenvalue weighted by atomic mass is 9.77. The highest BCUT2D eigenvalue weighted by molar-refractivity contribution is 6.15. The molecule has 2 aliphatic heterocycles. The summed E-state index contributed by atoms with van der Waals surface area (Å²) in [5.74, 6) is -11.1. The predicted molar refractivity (Wildman–Crippen MR) is 153 cm³/mol. The van der Waals surface area contributed by atoms with Gasteiger partial charge in [-0.3, -0.25) is 14.5 Å². The molecule has 2 aromatic rings. The average Bonchev–Trinajstić information content (AvgIpc) is 2.97. The van der Waals surface area contributed by atoms with Gasteiger partial charge in [-0.05, 0) is 81.6 Å². The van der Waals surface area contributed by atoms with Crippen molar-refractivity contribution in [2.75, 3.05) is 26.5 Å². The number of likely N-dealkylation sites (tertiary alicyclic amines) is 2. The molecule has 2 fully saturated rings. The Morgan fingerprint density at radius 3 is 1.55 bits per heavy atom. The summed E-state index contributed by atoms with van der Waals surface area (Å²) in [6.07, 6.45) is -10.2. The molecule has 0 saturated carbocycles. The fourth-order valence-electron chi connectivity index (χ4n) is 5.83. The molecule has 3 N–H and O–H groups in total. The molecule has 1 amide bonds.